The maximum atomic E-state index is 10.9. The Labute approximate surface area is 107 Å². The summed E-state index contributed by atoms with van der Waals surface area (Å²) < 4.78 is 5.35. The van der Waals surface area contributed by atoms with E-state index in [-0.39, 0.29) is 6.01 Å². The van der Waals surface area contributed by atoms with Crippen molar-refractivity contribution in [3.8, 4) is 0 Å². The predicted octanol–water partition coefficient (Wildman–Crippen LogP) is 2.42. The number of oxazole rings is 1. The second-order valence-electron chi connectivity index (χ2n) is 3.52. The highest BCUT2D eigenvalue weighted by atomic mass is 35.5. The lowest BCUT2D eigenvalue weighted by molar-refractivity contribution is -0.118. The molecule has 0 radical (unpaired) electrons. The van der Waals surface area contributed by atoms with Crippen LogP contribution in [0, 0.1) is 0 Å². The van der Waals surface area contributed by atoms with Gasteiger partial charge in [0, 0.05) is 5.02 Å². The Morgan fingerprint density at radius 1 is 1.53 bits per heavy atom. The molecule has 0 bridgehead atoms. The van der Waals surface area contributed by atoms with Gasteiger partial charge in [0.2, 0.25) is 5.91 Å². The molecule has 17 heavy (non-hydrogen) atoms. The normalized spacial score (nSPS) is 12.6. The number of carbonyl (C=O) groups excluding carboxylic acids is 1. The van der Waals surface area contributed by atoms with Gasteiger partial charge < -0.3 is 15.5 Å². The van der Waals surface area contributed by atoms with Crippen molar-refractivity contribution in [1.29, 1.82) is 0 Å². The molecule has 0 aliphatic heterocycles. The maximum Gasteiger partial charge on any atom is 0.296 e. The molecule has 7 heteroatoms. The van der Waals surface area contributed by atoms with Crippen LogP contribution in [-0.2, 0) is 4.79 Å². The van der Waals surface area contributed by atoms with Gasteiger partial charge >= 0.3 is 0 Å². The van der Waals surface area contributed by atoms with Gasteiger partial charge in [-0.25, -0.2) is 0 Å². The number of anilines is 1. The molecule has 2 rings (SSSR count). The van der Waals surface area contributed by atoms with E-state index in [4.69, 9.17) is 33.4 Å². The molecular formula is C10H9Cl2N3O2. The summed E-state index contributed by atoms with van der Waals surface area (Å²) in [6.45, 7) is 1.60. The number of amides is 1. The topological polar surface area (TPSA) is 81.2 Å². The second kappa shape index (κ2) is 4.43. The van der Waals surface area contributed by atoms with Gasteiger partial charge in [-0.3, -0.25) is 4.79 Å². The third-order valence-corrected chi connectivity index (χ3v) is 2.68. The molecule has 2 aromatic rings. The van der Waals surface area contributed by atoms with E-state index in [1.54, 1.807) is 19.1 Å². The molecule has 5 nitrogen and oxygen atoms in total. The van der Waals surface area contributed by atoms with Crippen LogP contribution >= 0.6 is 23.2 Å². The number of carbonyl (C=O) groups is 1. The molecule has 0 saturated heterocycles. The average Bonchev–Trinajstić information content (AvgIpc) is 2.60. The Hall–Kier alpha value is -1.46. The van der Waals surface area contributed by atoms with Gasteiger partial charge in [0.25, 0.3) is 6.01 Å². The number of halogens is 2. The Morgan fingerprint density at radius 3 is 2.88 bits per heavy atom. The summed E-state index contributed by atoms with van der Waals surface area (Å²) in [7, 11) is 0. The van der Waals surface area contributed by atoms with E-state index >= 15 is 0 Å². The third-order valence-electron chi connectivity index (χ3n) is 2.18. The zero-order chi connectivity index (χ0) is 12.6. The summed E-state index contributed by atoms with van der Waals surface area (Å²) in [6.07, 6.45) is 0. The van der Waals surface area contributed by atoms with Gasteiger partial charge in [-0.2, -0.15) is 4.98 Å². The standard InChI is InChI=1S/C10H9Cl2N3O2/c1-4(9(13)16)14-10-15-7-3-5(11)2-6(12)8(7)17-10/h2-4H,1H3,(H2,13,16)(H,14,15)/t4-/m0/s1. The fourth-order valence-corrected chi connectivity index (χ4v) is 1.80. The predicted molar refractivity (Wildman–Crippen MR) is 66.3 cm³/mol. The van der Waals surface area contributed by atoms with Gasteiger partial charge in [-0.15, -0.1) is 0 Å². The summed E-state index contributed by atoms with van der Waals surface area (Å²) in [5, 5.41) is 3.55. The Balaban J connectivity index is 2.38. The Kier molecular flexibility index (Phi) is 3.13. The van der Waals surface area contributed by atoms with Gasteiger partial charge in [0.1, 0.15) is 11.6 Å². The number of nitrogens with zero attached hydrogens (tertiary/aromatic N) is 1. The SMILES string of the molecule is C[C@H](Nc1nc2cc(Cl)cc(Cl)c2o1)C(N)=O. The molecule has 1 aromatic carbocycles. The molecule has 3 N–H and O–H groups in total. The van der Waals surface area contributed by atoms with Crippen LogP contribution in [0.3, 0.4) is 0 Å². The van der Waals surface area contributed by atoms with Crippen LogP contribution in [0.15, 0.2) is 16.5 Å². The van der Waals surface area contributed by atoms with E-state index in [0.717, 1.165) is 0 Å². The minimum atomic E-state index is -0.586. The van der Waals surface area contributed by atoms with Crippen molar-refractivity contribution in [2.45, 2.75) is 13.0 Å². The van der Waals surface area contributed by atoms with Gasteiger partial charge in [0.05, 0.1) is 5.02 Å². The third kappa shape index (κ3) is 2.45. The zero-order valence-corrected chi connectivity index (χ0v) is 10.3. The summed E-state index contributed by atoms with van der Waals surface area (Å²) in [6, 6.07) is 2.76. The fraction of sp³-hybridized carbons (Fsp3) is 0.200. The highest BCUT2D eigenvalue weighted by Gasteiger charge is 2.14. The summed E-state index contributed by atoms with van der Waals surface area (Å²) in [4.78, 5) is 15.0. The van der Waals surface area contributed by atoms with Crippen molar-refractivity contribution in [3.63, 3.8) is 0 Å². The quantitative estimate of drug-likeness (QED) is 0.900. The molecule has 0 unspecified atom stereocenters. The van der Waals surface area contributed by atoms with Crippen molar-refractivity contribution in [3.05, 3.63) is 22.2 Å². The first-order chi connectivity index (χ1) is 7.97. The number of primary amides is 1. The molecule has 1 amide bonds. The molecule has 1 aromatic heterocycles. The number of hydrogen-bond acceptors (Lipinski definition) is 4. The average molecular weight is 274 g/mol. The van der Waals surface area contributed by atoms with Crippen molar-refractivity contribution in [2.24, 2.45) is 5.73 Å². The number of hydrogen-bond donors (Lipinski definition) is 2. The van der Waals surface area contributed by atoms with Crippen LogP contribution in [0.1, 0.15) is 6.92 Å². The first-order valence-electron chi connectivity index (χ1n) is 4.79. The zero-order valence-electron chi connectivity index (χ0n) is 8.83. The van der Waals surface area contributed by atoms with Crippen molar-refractivity contribution in [2.75, 3.05) is 5.32 Å². The number of nitrogens with two attached hydrogens (primary N) is 1. The number of fused-ring (bicyclic) bond motifs is 1. The number of benzene rings is 1. The summed E-state index contributed by atoms with van der Waals surface area (Å²) in [5.41, 5.74) is 6.04. The molecule has 1 atom stereocenters. The largest absolute Gasteiger partial charge is 0.422 e. The van der Waals surface area contributed by atoms with Crippen LogP contribution in [0.5, 0.6) is 0 Å². The first-order valence-corrected chi connectivity index (χ1v) is 5.54. The van der Waals surface area contributed by atoms with Crippen molar-refractivity contribution in [1.82, 2.24) is 4.98 Å². The van der Waals surface area contributed by atoms with Crippen LogP contribution < -0.4 is 11.1 Å². The van der Waals surface area contributed by atoms with E-state index in [9.17, 15) is 4.79 Å². The van der Waals surface area contributed by atoms with E-state index in [0.29, 0.717) is 21.1 Å². The summed E-state index contributed by atoms with van der Waals surface area (Å²) in [5.74, 6) is -0.503. The van der Waals surface area contributed by atoms with Crippen LogP contribution in [0.25, 0.3) is 11.1 Å². The second-order valence-corrected chi connectivity index (χ2v) is 4.37. The fourth-order valence-electron chi connectivity index (χ4n) is 1.28. The lowest BCUT2D eigenvalue weighted by Crippen LogP contribution is -2.32. The van der Waals surface area contributed by atoms with Crippen molar-refractivity contribution >= 4 is 46.2 Å². The minimum absolute atomic E-state index is 0.176. The molecule has 0 fully saturated rings. The molecule has 0 spiro atoms. The molecule has 0 saturated carbocycles. The monoisotopic (exact) mass is 273 g/mol. The van der Waals surface area contributed by atoms with Gasteiger partial charge in [0.15, 0.2) is 5.58 Å². The molecule has 90 valence electrons. The first kappa shape index (κ1) is 12.0. The maximum absolute atomic E-state index is 10.9. The Bertz CT molecular complexity index is 582. The van der Waals surface area contributed by atoms with Crippen LogP contribution in [-0.4, -0.2) is 16.9 Å². The van der Waals surface area contributed by atoms with Crippen molar-refractivity contribution < 1.29 is 9.21 Å². The molecular weight excluding hydrogens is 265 g/mol. The van der Waals surface area contributed by atoms with Gasteiger partial charge in [-0.1, -0.05) is 23.2 Å². The van der Waals surface area contributed by atoms with Gasteiger partial charge in [-0.05, 0) is 19.1 Å². The molecule has 1 heterocycles. The number of nitrogens with one attached hydrogen (secondary N) is 1. The Morgan fingerprint density at radius 2 is 2.24 bits per heavy atom. The highest BCUT2D eigenvalue weighted by molar-refractivity contribution is 6.38. The minimum Gasteiger partial charge on any atom is -0.422 e. The van der Waals surface area contributed by atoms with Crippen LogP contribution in [0.4, 0.5) is 6.01 Å². The lowest BCUT2D eigenvalue weighted by atomic mass is 10.3. The molecule has 0 aliphatic rings. The number of aromatic nitrogens is 1. The van der Waals surface area contributed by atoms with E-state index in [2.05, 4.69) is 10.3 Å². The number of rotatable bonds is 3. The molecule has 0 aliphatic carbocycles. The lowest BCUT2D eigenvalue weighted by Gasteiger charge is -2.05. The van der Waals surface area contributed by atoms with E-state index < -0.39 is 11.9 Å². The van der Waals surface area contributed by atoms with E-state index in [1.807, 2.05) is 0 Å². The summed E-state index contributed by atoms with van der Waals surface area (Å²) >= 11 is 11.8. The van der Waals surface area contributed by atoms with Crippen LogP contribution in [0.2, 0.25) is 10.0 Å². The smallest absolute Gasteiger partial charge is 0.296 e. The highest BCUT2D eigenvalue weighted by Crippen LogP contribution is 2.29. The van der Waals surface area contributed by atoms with E-state index in [1.165, 1.54) is 0 Å².